The van der Waals surface area contributed by atoms with Crippen LogP contribution in [0, 0.1) is 17.5 Å². The maximum atomic E-state index is 15.2. The van der Waals surface area contributed by atoms with E-state index in [0.717, 1.165) is 27.7 Å². The second-order valence-electron chi connectivity index (χ2n) is 8.11. The smallest absolute Gasteiger partial charge is 0.425 e. The molecule has 0 bridgehead atoms. The summed E-state index contributed by atoms with van der Waals surface area (Å²) in [5, 5.41) is 5.67. The first-order valence-electron chi connectivity index (χ1n) is 10.9. The number of halogens is 6. The molecule has 3 aromatic rings. The van der Waals surface area contributed by atoms with E-state index < -0.39 is 69.9 Å². The molecule has 0 aliphatic carbocycles. The molecule has 0 saturated carbocycles. The Morgan fingerprint density at radius 3 is 2.24 bits per heavy atom. The predicted molar refractivity (Wildman–Crippen MR) is 122 cm³/mol. The Kier molecular flexibility index (Phi) is 7.88. The van der Waals surface area contributed by atoms with Crippen molar-refractivity contribution in [3.63, 3.8) is 0 Å². The summed E-state index contributed by atoms with van der Waals surface area (Å²) in [7, 11) is 2.76. The van der Waals surface area contributed by atoms with Crippen molar-refractivity contribution in [3.05, 3.63) is 69.7 Å². The Morgan fingerprint density at radius 1 is 1.11 bits per heavy atom. The predicted octanol–water partition coefficient (Wildman–Crippen LogP) is 3.75. The lowest BCUT2D eigenvalue weighted by atomic mass is 10.1. The van der Waals surface area contributed by atoms with E-state index in [1.165, 1.54) is 21.0 Å². The van der Waals surface area contributed by atoms with Crippen molar-refractivity contribution in [1.82, 2.24) is 19.2 Å². The van der Waals surface area contributed by atoms with Crippen LogP contribution in [0.15, 0.2) is 35.1 Å². The van der Waals surface area contributed by atoms with Crippen LogP contribution in [0.1, 0.15) is 34.8 Å². The Bertz CT molecular complexity index is 1430. The summed E-state index contributed by atoms with van der Waals surface area (Å²) in [5.74, 6) is -7.11. The SMILES string of the molecule is CCn1c(C(=O)N(C)C)nn(-c2cc(O[C@@H](C)C(F)(F)F)c(C(=O)Nc3c(F)cccc3F)cc2F)c1=O. The zero-order valence-electron chi connectivity index (χ0n) is 20.4. The summed E-state index contributed by atoms with van der Waals surface area (Å²) in [6, 6.07) is 3.66. The van der Waals surface area contributed by atoms with Crippen LogP contribution in [-0.4, -0.2) is 57.4 Å². The standard InChI is InChI=1S/C23H21F6N5O4/c1-5-33-19(21(36)32(3)4)31-34(22(33)37)16-10-17(38-11(2)23(27,28)29)12(9-15(16)26)20(35)30-18-13(24)7-6-8-14(18)25/h6-11H,5H2,1-4H3,(H,30,35)/t11-/m0/s1. The van der Waals surface area contributed by atoms with Gasteiger partial charge in [-0.05, 0) is 32.0 Å². The molecule has 0 saturated heterocycles. The maximum absolute atomic E-state index is 15.2. The Morgan fingerprint density at radius 2 is 1.71 bits per heavy atom. The minimum Gasteiger partial charge on any atom is -0.480 e. The van der Waals surface area contributed by atoms with Gasteiger partial charge in [-0.25, -0.2) is 18.0 Å². The Hall–Kier alpha value is -4.30. The molecule has 15 heteroatoms. The number of benzene rings is 2. The number of aromatic nitrogens is 3. The van der Waals surface area contributed by atoms with Gasteiger partial charge in [0, 0.05) is 26.7 Å². The number of para-hydroxylation sites is 1. The van der Waals surface area contributed by atoms with Crippen LogP contribution >= 0.6 is 0 Å². The quantitative estimate of drug-likeness (QED) is 0.456. The molecule has 204 valence electrons. The minimum atomic E-state index is -4.92. The summed E-state index contributed by atoms with van der Waals surface area (Å²) in [5.41, 5.74) is -3.54. The van der Waals surface area contributed by atoms with Crippen LogP contribution in [0.4, 0.5) is 32.0 Å². The van der Waals surface area contributed by atoms with Gasteiger partial charge in [0.15, 0.2) is 6.10 Å². The number of amides is 2. The number of nitrogens with zero attached hydrogens (tertiary/aromatic N) is 4. The molecule has 1 atom stereocenters. The topological polar surface area (TPSA) is 98.5 Å². The number of carbonyl (C=O) groups is 2. The number of nitrogens with one attached hydrogen (secondary N) is 1. The largest absolute Gasteiger partial charge is 0.480 e. The number of anilines is 1. The van der Waals surface area contributed by atoms with Gasteiger partial charge in [-0.1, -0.05) is 6.07 Å². The zero-order valence-corrected chi connectivity index (χ0v) is 20.4. The van der Waals surface area contributed by atoms with Crippen molar-refractivity contribution < 1.29 is 40.7 Å². The highest BCUT2D eigenvalue weighted by molar-refractivity contribution is 6.06. The average Bonchev–Trinajstić information content (AvgIpc) is 3.16. The summed E-state index contributed by atoms with van der Waals surface area (Å²) < 4.78 is 89.2. The number of rotatable bonds is 7. The Balaban J connectivity index is 2.19. The fraction of sp³-hybridized carbons (Fsp3) is 0.304. The van der Waals surface area contributed by atoms with Gasteiger partial charge < -0.3 is 15.0 Å². The third-order valence-electron chi connectivity index (χ3n) is 5.26. The minimum absolute atomic E-state index is 0.0570. The highest BCUT2D eigenvalue weighted by Gasteiger charge is 2.39. The number of carbonyl (C=O) groups excluding carboxylic acids is 2. The van der Waals surface area contributed by atoms with E-state index in [0.29, 0.717) is 23.7 Å². The fourth-order valence-electron chi connectivity index (χ4n) is 3.23. The molecule has 1 heterocycles. The first-order chi connectivity index (χ1) is 17.7. The summed E-state index contributed by atoms with van der Waals surface area (Å²) >= 11 is 0. The van der Waals surface area contributed by atoms with Crippen LogP contribution < -0.4 is 15.7 Å². The molecular formula is C23H21F6N5O4. The molecule has 0 radical (unpaired) electrons. The average molecular weight is 545 g/mol. The summed E-state index contributed by atoms with van der Waals surface area (Å²) in [6.45, 7) is 2.05. The van der Waals surface area contributed by atoms with Gasteiger partial charge in [0.25, 0.3) is 11.8 Å². The molecule has 0 aliphatic heterocycles. The van der Waals surface area contributed by atoms with Gasteiger partial charge in [0.1, 0.15) is 34.6 Å². The van der Waals surface area contributed by atoms with Gasteiger partial charge in [0.2, 0.25) is 5.82 Å². The van der Waals surface area contributed by atoms with Gasteiger partial charge in [0.05, 0.1) is 5.56 Å². The fourth-order valence-corrected chi connectivity index (χ4v) is 3.23. The van der Waals surface area contributed by atoms with Gasteiger partial charge in [-0.15, -0.1) is 5.10 Å². The van der Waals surface area contributed by atoms with E-state index >= 15 is 4.39 Å². The van der Waals surface area contributed by atoms with E-state index in [9.17, 15) is 36.3 Å². The van der Waals surface area contributed by atoms with Crippen LogP contribution in [0.25, 0.3) is 5.69 Å². The number of ether oxygens (including phenoxy) is 1. The van der Waals surface area contributed by atoms with E-state index in [2.05, 4.69) is 5.10 Å². The zero-order chi connectivity index (χ0) is 28.5. The van der Waals surface area contributed by atoms with Gasteiger partial charge in [-0.3, -0.25) is 14.2 Å². The lowest BCUT2D eigenvalue weighted by Gasteiger charge is -2.20. The van der Waals surface area contributed by atoms with Gasteiger partial charge in [-0.2, -0.15) is 17.9 Å². The number of alkyl halides is 3. The molecule has 0 fully saturated rings. The lowest BCUT2D eigenvalue weighted by molar-refractivity contribution is -0.189. The lowest BCUT2D eigenvalue weighted by Crippen LogP contribution is -2.32. The molecule has 0 spiro atoms. The molecular weight excluding hydrogens is 524 g/mol. The first kappa shape index (κ1) is 28.3. The van der Waals surface area contributed by atoms with Crippen LogP contribution in [-0.2, 0) is 6.54 Å². The summed E-state index contributed by atoms with van der Waals surface area (Å²) in [4.78, 5) is 39.2. The van der Waals surface area contributed by atoms with E-state index in [1.807, 2.05) is 5.32 Å². The molecule has 0 aliphatic rings. The molecule has 38 heavy (non-hydrogen) atoms. The van der Waals surface area contributed by atoms with Crippen LogP contribution in [0.3, 0.4) is 0 Å². The molecule has 1 N–H and O–H groups in total. The number of hydrogen-bond acceptors (Lipinski definition) is 5. The maximum Gasteiger partial charge on any atom is 0.425 e. The van der Waals surface area contributed by atoms with E-state index in [1.54, 1.807) is 0 Å². The molecule has 1 aromatic heterocycles. The third-order valence-corrected chi connectivity index (χ3v) is 5.26. The first-order valence-corrected chi connectivity index (χ1v) is 10.9. The van der Waals surface area contributed by atoms with Crippen LogP contribution in [0.2, 0.25) is 0 Å². The van der Waals surface area contributed by atoms with Crippen molar-refractivity contribution in [1.29, 1.82) is 0 Å². The van der Waals surface area contributed by atoms with Crippen molar-refractivity contribution in [2.75, 3.05) is 19.4 Å². The van der Waals surface area contributed by atoms with Crippen molar-refractivity contribution in [3.8, 4) is 11.4 Å². The second-order valence-corrected chi connectivity index (χ2v) is 8.11. The van der Waals surface area contributed by atoms with Crippen molar-refractivity contribution >= 4 is 17.5 Å². The second kappa shape index (κ2) is 10.6. The number of hydrogen-bond donors (Lipinski definition) is 1. The normalized spacial score (nSPS) is 12.3. The van der Waals surface area contributed by atoms with Crippen molar-refractivity contribution in [2.45, 2.75) is 32.7 Å². The monoisotopic (exact) mass is 545 g/mol. The molecule has 2 amide bonds. The molecule has 0 unspecified atom stereocenters. The highest BCUT2D eigenvalue weighted by atomic mass is 19.4. The van der Waals surface area contributed by atoms with E-state index in [4.69, 9.17) is 4.74 Å². The third kappa shape index (κ3) is 5.50. The van der Waals surface area contributed by atoms with Crippen molar-refractivity contribution in [2.24, 2.45) is 0 Å². The Labute approximate surface area is 211 Å². The van der Waals surface area contributed by atoms with Crippen LogP contribution in [0.5, 0.6) is 5.75 Å². The molecule has 3 rings (SSSR count). The van der Waals surface area contributed by atoms with E-state index in [-0.39, 0.29) is 12.4 Å². The van der Waals surface area contributed by atoms with Gasteiger partial charge >= 0.3 is 11.9 Å². The molecule has 9 nitrogen and oxygen atoms in total. The highest BCUT2D eigenvalue weighted by Crippen LogP contribution is 2.31. The molecule has 2 aromatic carbocycles. The summed E-state index contributed by atoms with van der Waals surface area (Å²) in [6.07, 6.45) is -7.44.